The van der Waals surface area contributed by atoms with Gasteiger partial charge < -0.3 is 14.2 Å². The van der Waals surface area contributed by atoms with E-state index in [1.807, 2.05) is 0 Å². The van der Waals surface area contributed by atoms with Crippen LogP contribution in [0.25, 0.3) is 0 Å². The van der Waals surface area contributed by atoms with E-state index in [1.54, 1.807) is 6.92 Å². The van der Waals surface area contributed by atoms with Crippen LogP contribution >= 0.6 is 7.60 Å². The molecule has 0 heterocycles. The van der Waals surface area contributed by atoms with Gasteiger partial charge in [-0.05, 0) is 13.3 Å². The molecule has 0 aromatic carbocycles. The van der Waals surface area contributed by atoms with Gasteiger partial charge in [-0.1, -0.05) is 51.9 Å². The molecule has 0 saturated heterocycles. The number of hydrogen-bond acceptors (Lipinski definition) is 4. The van der Waals surface area contributed by atoms with Crippen LogP contribution < -0.4 is 0 Å². The zero-order valence-corrected chi connectivity index (χ0v) is 13.7. The molecule has 0 bridgehead atoms. The van der Waals surface area contributed by atoms with Gasteiger partial charge in [-0.2, -0.15) is 0 Å². The third kappa shape index (κ3) is 12.6. The summed E-state index contributed by atoms with van der Waals surface area (Å²) < 4.78 is 20.8. The second-order valence-corrected chi connectivity index (χ2v) is 6.76. The van der Waals surface area contributed by atoms with Gasteiger partial charge in [0.1, 0.15) is 6.16 Å². The standard InChI is InChI=1S/C14H29O5P/c1-3-5-6-7-8-9-10-11-12-18-14(15)13-20(16,17)19-4-2/h3-13H2,1-2H3,(H,16,17). The van der Waals surface area contributed by atoms with Gasteiger partial charge in [0.15, 0.2) is 0 Å². The van der Waals surface area contributed by atoms with E-state index in [2.05, 4.69) is 11.4 Å². The molecular weight excluding hydrogens is 279 g/mol. The third-order valence-electron chi connectivity index (χ3n) is 2.92. The molecule has 0 aliphatic carbocycles. The molecule has 0 aromatic rings. The zero-order chi connectivity index (χ0) is 15.3. The lowest BCUT2D eigenvalue weighted by atomic mass is 10.1. The fourth-order valence-electron chi connectivity index (χ4n) is 1.88. The molecule has 0 saturated carbocycles. The Kier molecular flexibility index (Phi) is 12.1. The first-order valence-electron chi connectivity index (χ1n) is 7.63. The molecule has 0 aliphatic rings. The molecule has 120 valence electrons. The van der Waals surface area contributed by atoms with Gasteiger partial charge in [-0.25, -0.2) is 0 Å². The minimum absolute atomic E-state index is 0.110. The van der Waals surface area contributed by atoms with E-state index in [1.165, 1.54) is 32.1 Å². The SMILES string of the molecule is CCCCCCCCCCOC(=O)CP(=O)(O)OCC. The fourth-order valence-corrected chi connectivity index (χ4v) is 2.79. The van der Waals surface area contributed by atoms with Crippen molar-refractivity contribution in [2.45, 2.75) is 65.2 Å². The summed E-state index contributed by atoms with van der Waals surface area (Å²) in [6.07, 6.45) is 8.79. The molecule has 0 amide bonds. The number of rotatable bonds is 13. The Bertz CT molecular complexity index is 293. The monoisotopic (exact) mass is 308 g/mol. The first-order chi connectivity index (χ1) is 9.52. The van der Waals surface area contributed by atoms with Crippen LogP contribution in [0.2, 0.25) is 0 Å². The quantitative estimate of drug-likeness (QED) is 0.317. The fraction of sp³-hybridized carbons (Fsp3) is 0.929. The van der Waals surface area contributed by atoms with E-state index in [0.29, 0.717) is 6.61 Å². The Morgan fingerprint density at radius 2 is 1.55 bits per heavy atom. The van der Waals surface area contributed by atoms with Crippen molar-refractivity contribution in [3.63, 3.8) is 0 Å². The highest BCUT2D eigenvalue weighted by Crippen LogP contribution is 2.41. The number of ether oxygens (including phenoxy) is 1. The second-order valence-electron chi connectivity index (χ2n) is 4.91. The molecule has 6 heteroatoms. The Labute approximate surface area is 122 Å². The van der Waals surface area contributed by atoms with E-state index in [4.69, 9.17) is 4.74 Å². The molecule has 0 radical (unpaired) electrons. The first kappa shape index (κ1) is 19.6. The highest BCUT2D eigenvalue weighted by Gasteiger charge is 2.24. The highest BCUT2D eigenvalue weighted by atomic mass is 31.2. The number of esters is 1. The second kappa shape index (κ2) is 12.4. The van der Waals surface area contributed by atoms with Gasteiger partial charge >= 0.3 is 13.6 Å². The summed E-state index contributed by atoms with van der Waals surface area (Å²) in [5.41, 5.74) is 0. The van der Waals surface area contributed by atoms with Gasteiger partial charge in [-0.3, -0.25) is 9.36 Å². The van der Waals surface area contributed by atoms with Crippen LogP contribution in [0, 0.1) is 0 Å². The van der Waals surface area contributed by atoms with Crippen LogP contribution in [-0.4, -0.2) is 30.2 Å². The number of unbranched alkanes of at least 4 members (excludes halogenated alkanes) is 7. The number of carbonyl (C=O) groups is 1. The number of hydrogen-bond donors (Lipinski definition) is 1. The van der Waals surface area contributed by atoms with E-state index in [0.717, 1.165) is 19.3 Å². The topological polar surface area (TPSA) is 72.8 Å². The van der Waals surface area contributed by atoms with Crippen molar-refractivity contribution in [2.24, 2.45) is 0 Å². The van der Waals surface area contributed by atoms with Crippen molar-refractivity contribution in [3.05, 3.63) is 0 Å². The summed E-state index contributed by atoms with van der Waals surface area (Å²) in [6.45, 7) is 4.23. The van der Waals surface area contributed by atoms with Crippen molar-refractivity contribution < 1.29 is 23.5 Å². The Balaban J connectivity index is 3.42. The van der Waals surface area contributed by atoms with Crippen molar-refractivity contribution in [1.29, 1.82) is 0 Å². The average molecular weight is 308 g/mol. The van der Waals surface area contributed by atoms with Crippen LogP contribution in [0.4, 0.5) is 0 Å². The maximum atomic E-state index is 11.3. The van der Waals surface area contributed by atoms with Crippen molar-refractivity contribution in [2.75, 3.05) is 19.4 Å². The molecule has 0 aliphatic heterocycles. The molecular formula is C14H29O5P. The van der Waals surface area contributed by atoms with Crippen LogP contribution in [0.5, 0.6) is 0 Å². The molecule has 0 fully saturated rings. The lowest BCUT2D eigenvalue weighted by Crippen LogP contribution is -2.12. The summed E-state index contributed by atoms with van der Waals surface area (Å²) in [5, 5.41) is 0. The van der Waals surface area contributed by atoms with Crippen molar-refractivity contribution in [3.8, 4) is 0 Å². The van der Waals surface area contributed by atoms with E-state index in [-0.39, 0.29) is 6.61 Å². The maximum absolute atomic E-state index is 11.3. The van der Waals surface area contributed by atoms with Crippen LogP contribution in [-0.2, 0) is 18.6 Å². The normalized spacial score (nSPS) is 13.9. The van der Waals surface area contributed by atoms with Crippen LogP contribution in [0.3, 0.4) is 0 Å². The van der Waals surface area contributed by atoms with Gasteiger partial charge in [0.05, 0.1) is 13.2 Å². The Morgan fingerprint density at radius 1 is 1.00 bits per heavy atom. The zero-order valence-electron chi connectivity index (χ0n) is 12.8. The number of carbonyl (C=O) groups excluding carboxylic acids is 1. The highest BCUT2D eigenvalue weighted by molar-refractivity contribution is 7.53. The molecule has 5 nitrogen and oxygen atoms in total. The van der Waals surface area contributed by atoms with E-state index in [9.17, 15) is 14.3 Å². The largest absolute Gasteiger partial charge is 0.465 e. The van der Waals surface area contributed by atoms with Crippen molar-refractivity contribution >= 4 is 13.6 Å². The van der Waals surface area contributed by atoms with Gasteiger partial charge in [0.25, 0.3) is 0 Å². The van der Waals surface area contributed by atoms with Crippen LogP contribution in [0.1, 0.15) is 65.2 Å². The molecule has 1 N–H and O–H groups in total. The lowest BCUT2D eigenvalue weighted by molar-refractivity contribution is -0.140. The third-order valence-corrected chi connectivity index (χ3v) is 4.24. The molecule has 20 heavy (non-hydrogen) atoms. The first-order valence-corrected chi connectivity index (χ1v) is 9.40. The summed E-state index contributed by atoms with van der Waals surface area (Å²) in [4.78, 5) is 20.6. The summed E-state index contributed by atoms with van der Waals surface area (Å²) >= 11 is 0. The Morgan fingerprint density at radius 3 is 2.10 bits per heavy atom. The smallest absolute Gasteiger partial charge is 0.339 e. The predicted molar refractivity (Wildman–Crippen MR) is 79.9 cm³/mol. The maximum Gasteiger partial charge on any atom is 0.339 e. The average Bonchev–Trinajstić information content (AvgIpc) is 2.36. The Hall–Kier alpha value is -0.380. The minimum atomic E-state index is -3.80. The van der Waals surface area contributed by atoms with E-state index < -0.39 is 19.7 Å². The van der Waals surface area contributed by atoms with Gasteiger partial charge in [0, 0.05) is 0 Å². The van der Waals surface area contributed by atoms with Gasteiger partial charge in [0.2, 0.25) is 0 Å². The molecule has 1 unspecified atom stereocenters. The predicted octanol–water partition coefficient (Wildman–Crippen LogP) is 3.89. The van der Waals surface area contributed by atoms with E-state index >= 15 is 0 Å². The van der Waals surface area contributed by atoms with Crippen LogP contribution in [0.15, 0.2) is 0 Å². The van der Waals surface area contributed by atoms with Gasteiger partial charge in [-0.15, -0.1) is 0 Å². The molecule has 0 spiro atoms. The molecule has 0 aromatic heterocycles. The summed E-state index contributed by atoms with van der Waals surface area (Å²) in [7, 11) is -3.80. The lowest BCUT2D eigenvalue weighted by Gasteiger charge is -2.10. The molecule has 0 rings (SSSR count). The molecule has 1 atom stereocenters. The summed E-state index contributed by atoms with van der Waals surface area (Å²) in [6, 6.07) is 0. The van der Waals surface area contributed by atoms with Crippen molar-refractivity contribution in [1.82, 2.24) is 0 Å². The minimum Gasteiger partial charge on any atom is -0.465 e. The summed E-state index contributed by atoms with van der Waals surface area (Å²) in [5.74, 6) is -0.660.